The lowest BCUT2D eigenvalue weighted by atomic mass is 9.86. The van der Waals surface area contributed by atoms with Crippen LogP contribution in [0.3, 0.4) is 0 Å². The number of rotatable bonds is 9. The van der Waals surface area contributed by atoms with Gasteiger partial charge in [-0.2, -0.15) is 0 Å². The standard InChI is InChI=1S/C19H31NO4/c1-14-6-4-5-7-17(14)20-11-16(21)13-24-12-15-8-9-18(22-2)19(10-15)23-3/h8-10,14,16-17,20-21H,4-7,11-13H2,1-3H3/p+1/t14-,16+,17-/m1/s1. The molecule has 1 aromatic rings. The van der Waals surface area contributed by atoms with Crippen LogP contribution in [0.15, 0.2) is 18.2 Å². The van der Waals surface area contributed by atoms with Gasteiger partial charge in [-0.05, 0) is 37.0 Å². The maximum absolute atomic E-state index is 10.1. The third kappa shape index (κ3) is 5.65. The molecule has 1 saturated carbocycles. The molecule has 0 amide bonds. The first-order chi connectivity index (χ1) is 11.6. The molecule has 0 bridgehead atoms. The Labute approximate surface area is 145 Å². The van der Waals surface area contributed by atoms with Crippen LogP contribution in [0.25, 0.3) is 0 Å². The van der Waals surface area contributed by atoms with E-state index in [0.29, 0.717) is 37.3 Å². The summed E-state index contributed by atoms with van der Waals surface area (Å²) in [5.74, 6) is 2.15. The van der Waals surface area contributed by atoms with Crippen molar-refractivity contribution in [2.75, 3.05) is 27.4 Å². The van der Waals surface area contributed by atoms with Crippen LogP contribution >= 0.6 is 0 Å². The molecule has 0 unspecified atom stereocenters. The minimum absolute atomic E-state index is 0.353. The van der Waals surface area contributed by atoms with Crippen LogP contribution in [0.1, 0.15) is 38.2 Å². The van der Waals surface area contributed by atoms with Gasteiger partial charge in [0.25, 0.3) is 0 Å². The highest BCUT2D eigenvalue weighted by Gasteiger charge is 2.24. The number of ether oxygens (including phenoxy) is 3. The second-order valence-electron chi connectivity index (χ2n) is 6.76. The smallest absolute Gasteiger partial charge is 0.161 e. The third-order valence-corrected chi connectivity index (χ3v) is 4.92. The highest BCUT2D eigenvalue weighted by Crippen LogP contribution is 2.27. The summed E-state index contributed by atoms with van der Waals surface area (Å²) in [6.07, 6.45) is 4.81. The second kappa shape index (κ2) is 9.87. The quantitative estimate of drug-likeness (QED) is 0.720. The SMILES string of the molecule is COc1ccc(COC[C@@H](O)C[NH2+][C@@H]2CCCC[C@H]2C)cc1OC. The third-order valence-electron chi connectivity index (χ3n) is 4.92. The number of quaternary nitrogens is 1. The van der Waals surface area contributed by atoms with Crippen molar-refractivity contribution in [3.05, 3.63) is 23.8 Å². The van der Waals surface area contributed by atoms with Gasteiger partial charge < -0.3 is 24.6 Å². The topological polar surface area (TPSA) is 64.5 Å². The van der Waals surface area contributed by atoms with E-state index in [2.05, 4.69) is 12.2 Å². The summed E-state index contributed by atoms with van der Waals surface area (Å²) in [6, 6.07) is 6.37. The number of aliphatic hydroxyl groups excluding tert-OH is 1. The maximum Gasteiger partial charge on any atom is 0.161 e. The molecule has 2 rings (SSSR count). The van der Waals surface area contributed by atoms with Crippen LogP contribution in [-0.4, -0.2) is 44.6 Å². The summed E-state index contributed by atoms with van der Waals surface area (Å²) in [5, 5.41) is 12.4. The zero-order chi connectivity index (χ0) is 17.4. The van der Waals surface area contributed by atoms with Crippen LogP contribution in [-0.2, 0) is 11.3 Å². The molecule has 1 aromatic carbocycles. The molecule has 24 heavy (non-hydrogen) atoms. The lowest BCUT2D eigenvalue weighted by molar-refractivity contribution is -0.703. The minimum Gasteiger partial charge on any atom is -0.493 e. The average Bonchev–Trinajstić information content (AvgIpc) is 2.61. The molecule has 0 aromatic heterocycles. The number of methoxy groups -OCH3 is 2. The minimum atomic E-state index is -0.431. The van der Waals surface area contributed by atoms with E-state index >= 15 is 0 Å². The fourth-order valence-corrected chi connectivity index (χ4v) is 3.38. The molecule has 0 aliphatic heterocycles. The average molecular weight is 338 g/mol. The van der Waals surface area contributed by atoms with E-state index in [1.54, 1.807) is 14.2 Å². The summed E-state index contributed by atoms with van der Waals surface area (Å²) < 4.78 is 16.2. The van der Waals surface area contributed by atoms with Crippen molar-refractivity contribution in [1.82, 2.24) is 0 Å². The van der Waals surface area contributed by atoms with E-state index in [1.165, 1.54) is 25.7 Å². The first-order valence-electron chi connectivity index (χ1n) is 8.94. The Kier molecular flexibility index (Phi) is 7.82. The normalized spacial score (nSPS) is 22.2. The summed E-state index contributed by atoms with van der Waals surface area (Å²) in [7, 11) is 3.24. The zero-order valence-electron chi connectivity index (χ0n) is 15.2. The van der Waals surface area contributed by atoms with Crippen LogP contribution in [0, 0.1) is 5.92 Å². The lowest BCUT2D eigenvalue weighted by Crippen LogP contribution is -2.93. The zero-order valence-corrected chi connectivity index (χ0v) is 15.2. The molecule has 0 radical (unpaired) electrons. The monoisotopic (exact) mass is 338 g/mol. The van der Waals surface area contributed by atoms with Crippen molar-refractivity contribution in [2.45, 2.75) is 51.4 Å². The van der Waals surface area contributed by atoms with Gasteiger partial charge in [-0.1, -0.05) is 19.4 Å². The largest absolute Gasteiger partial charge is 0.493 e. The molecule has 0 saturated heterocycles. The molecule has 1 aliphatic carbocycles. The van der Waals surface area contributed by atoms with E-state index in [4.69, 9.17) is 14.2 Å². The van der Waals surface area contributed by atoms with Crippen molar-refractivity contribution in [2.24, 2.45) is 5.92 Å². The highest BCUT2D eigenvalue weighted by molar-refractivity contribution is 5.42. The molecule has 0 heterocycles. The first kappa shape index (κ1) is 19.0. The molecule has 3 N–H and O–H groups in total. The van der Waals surface area contributed by atoms with E-state index in [0.717, 1.165) is 11.5 Å². The summed E-state index contributed by atoms with van der Waals surface area (Å²) in [6.45, 7) is 3.84. The number of hydrogen-bond donors (Lipinski definition) is 2. The van der Waals surface area contributed by atoms with Crippen LogP contribution in [0.5, 0.6) is 11.5 Å². The highest BCUT2D eigenvalue weighted by atomic mass is 16.5. The van der Waals surface area contributed by atoms with Crippen molar-refractivity contribution >= 4 is 0 Å². The fraction of sp³-hybridized carbons (Fsp3) is 0.684. The lowest BCUT2D eigenvalue weighted by Gasteiger charge is -2.27. The van der Waals surface area contributed by atoms with E-state index in [9.17, 15) is 5.11 Å². The summed E-state index contributed by atoms with van der Waals surface area (Å²) in [5.41, 5.74) is 1.00. The molecule has 1 aliphatic rings. The van der Waals surface area contributed by atoms with Gasteiger partial charge in [0.05, 0.1) is 33.5 Å². The van der Waals surface area contributed by atoms with E-state index in [1.807, 2.05) is 18.2 Å². The molecule has 5 heteroatoms. The van der Waals surface area contributed by atoms with Crippen molar-refractivity contribution in [3.63, 3.8) is 0 Å². The van der Waals surface area contributed by atoms with Gasteiger partial charge in [-0.3, -0.25) is 0 Å². The van der Waals surface area contributed by atoms with Crippen molar-refractivity contribution < 1.29 is 24.6 Å². The van der Waals surface area contributed by atoms with Gasteiger partial charge in [-0.25, -0.2) is 0 Å². The molecular weight excluding hydrogens is 306 g/mol. The Hall–Kier alpha value is -1.30. The van der Waals surface area contributed by atoms with Crippen molar-refractivity contribution in [3.8, 4) is 11.5 Å². The predicted octanol–water partition coefficient (Wildman–Crippen LogP) is 1.72. The van der Waals surface area contributed by atoms with E-state index in [-0.39, 0.29) is 0 Å². The number of nitrogens with two attached hydrogens (primary N) is 1. The predicted molar refractivity (Wildman–Crippen MR) is 93.4 cm³/mol. The Balaban J connectivity index is 1.69. The van der Waals surface area contributed by atoms with Crippen LogP contribution in [0.4, 0.5) is 0 Å². The Bertz CT molecular complexity index is 494. The van der Waals surface area contributed by atoms with Gasteiger partial charge in [0, 0.05) is 5.92 Å². The van der Waals surface area contributed by atoms with Gasteiger partial charge in [0.1, 0.15) is 12.6 Å². The van der Waals surface area contributed by atoms with Crippen LogP contribution in [0.2, 0.25) is 0 Å². The Morgan fingerprint density at radius 2 is 1.92 bits per heavy atom. The van der Waals surface area contributed by atoms with E-state index < -0.39 is 6.10 Å². The molecule has 136 valence electrons. The summed E-state index contributed by atoms with van der Waals surface area (Å²) >= 11 is 0. The van der Waals surface area contributed by atoms with Crippen LogP contribution < -0.4 is 14.8 Å². The Morgan fingerprint density at radius 1 is 1.17 bits per heavy atom. The van der Waals surface area contributed by atoms with Gasteiger partial charge in [0.15, 0.2) is 11.5 Å². The molecule has 0 spiro atoms. The fourth-order valence-electron chi connectivity index (χ4n) is 3.38. The molecule has 1 fully saturated rings. The molecule has 5 nitrogen and oxygen atoms in total. The molecular formula is C19H32NO4+. The number of hydrogen-bond acceptors (Lipinski definition) is 4. The second-order valence-corrected chi connectivity index (χ2v) is 6.76. The summed E-state index contributed by atoms with van der Waals surface area (Å²) in [4.78, 5) is 0. The maximum atomic E-state index is 10.1. The first-order valence-corrected chi connectivity index (χ1v) is 8.94. The number of benzene rings is 1. The molecule has 3 atom stereocenters. The van der Waals surface area contributed by atoms with Gasteiger partial charge in [0.2, 0.25) is 0 Å². The number of aliphatic hydroxyl groups is 1. The van der Waals surface area contributed by atoms with Crippen molar-refractivity contribution in [1.29, 1.82) is 0 Å². The Morgan fingerprint density at radius 3 is 2.62 bits per heavy atom. The van der Waals surface area contributed by atoms with Gasteiger partial charge >= 0.3 is 0 Å². The van der Waals surface area contributed by atoms with Gasteiger partial charge in [-0.15, -0.1) is 0 Å².